The van der Waals surface area contributed by atoms with Crippen LogP contribution in [0.3, 0.4) is 0 Å². The van der Waals surface area contributed by atoms with Gasteiger partial charge in [-0.1, -0.05) is 12.1 Å². The zero-order valence-electron chi connectivity index (χ0n) is 20.7. The summed E-state index contributed by atoms with van der Waals surface area (Å²) in [5.41, 5.74) is 10.2. The molecule has 2 aromatic heterocycles. The highest BCUT2D eigenvalue weighted by atomic mass is 16.7. The molecule has 0 bridgehead atoms. The predicted molar refractivity (Wildman–Crippen MR) is 141 cm³/mol. The number of fused-ring (bicyclic) bond motifs is 2. The van der Waals surface area contributed by atoms with Crippen molar-refractivity contribution < 1.29 is 14.3 Å². The molecule has 0 spiro atoms. The molecule has 1 atom stereocenters. The summed E-state index contributed by atoms with van der Waals surface area (Å²) in [7, 11) is 3.80. The van der Waals surface area contributed by atoms with E-state index in [1.54, 1.807) is 12.1 Å². The lowest BCUT2D eigenvalue weighted by atomic mass is 10.1. The van der Waals surface area contributed by atoms with Gasteiger partial charge in [-0.2, -0.15) is 5.10 Å². The van der Waals surface area contributed by atoms with Crippen LogP contribution in [0.1, 0.15) is 29.2 Å². The monoisotopic (exact) mass is 500 g/mol. The Kier molecular flexibility index (Phi) is 5.76. The van der Waals surface area contributed by atoms with E-state index in [2.05, 4.69) is 20.6 Å². The number of aromatic nitrogens is 4. The van der Waals surface area contributed by atoms with Crippen LogP contribution in [0.15, 0.2) is 42.7 Å². The highest BCUT2D eigenvalue weighted by Crippen LogP contribution is 2.48. The van der Waals surface area contributed by atoms with Crippen molar-refractivity contribution in [2.75, 3.05) is 49.9 Å². The number of hydrogen-bond donors (Lipinski definition) is 3. The average Bonchev–Trinajstić information content (AvgIpc) is 3.56. The van der Waals surface area contributed by atoms with Crippen LogP contribution in [-0.2, 0) is 0 Å². The van der Waals surface area contributed by atoms with Crippen LogP contribution in [-0.4, -0.2) is 59.6 Å². The third-order valence-electron chi connectivity index (χ3n) is 6.79. The van der Waals surface area contributed by atoms with Gasteiger partial charge in [-0.15, -0.1) is 0 Å². The summed E-state index contributed by atoms with van der Waals surface area (Å²) in [5.74, 6) is 1.05. The summed E-state index contributed by atoms with van der Waals surface area (Å²) in [6, 6.07) is 11.2. The number of nitrogens with two attached hydrogens (primary N) is 1. The Hall–Kier alpha value is -4.38. The maximum atomic E-state index is 13.2. The number of nitrogens with one attached hydrogen (secondary N) is 2. The van der Waals surface area contributed by atoms with Crippen LogP contribution in [0.5, 0.6) is 11.5 Å². The number of piperidine rings is 1. The quantitative estimate of drug-likeness (QED) is 0.378. The van der Waals surface area contributed by atoms with Gasteiger partial charge in [-0.25, -0.2) is 14.6 Å². The minimum Gasteiger partial charge on any atom is -0.453 e. The normalized spacial score (nSPS) is 16.6. The van der Waals surface area contributed by atoms with Crippen LogP contribution in [0, 0.1) is 0 Å². The summed E-state index contributed by atoms with van der Waals surface area (Å²) in [6.45, 7) is 1.82. The molecule has 0 aliphatic carbocycles. The Morgan fingerprint density at radius 1 is 1.16 bits per heavy atom. The van der Waals surface area contributed by atoms with E-state index in [0.717, 1.165) is 31.6 Å². The molecule has 2 aliphatic heterocycles. The Morgan fingerprint density at radius 2 is 2.00 bits per heavy atom. The van der Waals surface area contributed by atoms with Gasteiger partial charge in [0.15, 0.2) is 17.1 Å². The fourth-order valence-corrected chi connectivity index (χ4v) is 5.01. The lowest BCUT2D eigenvalue weighted by molar-refractivity contribution is 0.102. The second-order valence-corrected chi connectivity index (χ2v) is 9.34. The maximum Gasteiger partial charge on any atom is 0.257 e. The van der Waals surface area contributed by atoms with E-state index in [-0.39, 0.29) is 18.7 Å². The molecule has 1 saturated heterocycles. The first-order valence-electron chi connectivity index (χ1n) is 12.2. The molecular weight excluding hydrogens is 472 g/mol. The van der Waals surface area contributed by atoms with Gasteiger partial charge in [0.1, 0.15) is 17.8 Å². The first kappa shape index (κ1) is 23.0. The van der Waals surface area contributed by atoms with Gasteiger partial charge in [0.25, 0.3) is 5.91 Å². The molecule has 4 N–H and O–H groups in total. The number of carbonyl (C=O) groups is 1. The maximum absolute atomic E-state index is 13.2. The first-order chi connectivity index (χ1) is 18.0. The van der Waals surface area contributed by atoms with Crippen molar-refractivity contribution >= 4 is 34.1 Å². The zero-order valence-corrected chi connectivity index (χ0v) is 20.7. The van der Waals surface area contributed by atoms with Crippen molar-refractivity contribution in [2.24, 2.45) is 0 Å². The third-order valence-corrected chi connectivity index (χ3v) is 6.79. The van der Waals surface area contributed by atoms with Crippen molar-refractivity contribution in [1.82, 2.24) is 25.1 Å². The summed E-state index contributed by atoms with van der Waals surface area (Å²) >= 11 is 0. The lowest BCUT2D eigenvalue weighted by Crippen LogP contribution is -2.32. The molecule has 6 rings (SSSR count). The summed E-state index contributed by atoms with van der Waals surface area (Å²) in [6.07, 6.45) is 3.51. The second kappa shape index (κ2) is 9.25. The van der Waals surface area contributed by atoms with Crippen molar-refractivity contribution in [2.45, 2.75) is 18.9 Å². The topological polar surface area (TPSA) is 132 Å². The summed E-state index contributed by atoms with van der Waals surface area (Å²) in [5, 5.41) is 12.0. The van der Waals surface area contributed by atoms with E-state index >= 15 is 0 Å². The molecule has 11 nitrogen and oxygen atoms in total. The van der Waals surface area contributed by atoms with Gasteiger partial charge in [0.2, 0.25) is 6.79 Å². The number of benzene rings is 2. The van der Waals surface area contributed by atoms with Gasteiger partial charge in [0.05, 0.1) is 22.7 Å². The van der Waals surface area contributed by atoms with Crippen LogP contribution in [0.2, 0.25) is 0 Å². The second-order valence-electron chi connectivity index (χ2n) is 9.34. The number of rotatable bonds is 5. The molecule has 0 saturated carbocycles. The Morgan fingerprint density at radius 3 is 2.81 bits per heavy atom. The SMILES string of the molecule is CN(C)c1ccccc1C(=O)Nc1ccc(-c2nn([C@@H]3CCCNC3)c3ncnc(N)c23)c2c1OCO2. The lowest BCUT2D eigenvalue weighted by Gasteiger charge is -2.23. The fraction of sp³-hybridized carbons (Fsp3) is 0.308. The minimum absolute atomic E-state index is 0.0284. The largest absolute Gasteiger partial charge is 0.453 e. The number of hydrogen-bond acceptors (Lipinski definition) is 9. The van der Waals surface area contributed by atoms with E-state index in [1.165, 1.54) is 6.33 Å². The fourth-order valence-electron chi connectivity index (χ4n) is 5.01. The Balaban J connectivity index is 1.42. The number of para-hydroxylation sites is 1. The third kappa shape index (κ3) is 3.97. The summed E-state index contributed by atoms with van der Waals surface area (Å²) < 4.78 is 13.6. The van der Waals surface area contributed by atoms with Crippen molar-refractivity contribution in [3.05, 3.63) is 48.3 Å². The van der Waals surface area contributed by atoms with E-state index in [1.807, 2.05) is 47.9 Å². The molecule has 37 heavy (non-hydrogen) atoms. The molecule has 0 radical (unpaired) electrons. The molecule has 4 heterocycles. The standard InChI is InChI=1S/C26H28N8O3/c1-33(2)19-8-4-3-7-16(19)26(35)31-18-10-9-17(22-23(18)37-14-36-22)21-20-24(27)29-13-30-25(20)34(32-21)15-6-5-11-28-12-15/h3-4,7-10,13,15,28H,5-6,11-12,14H2,1-2H3,(H,31,35)(H2,27,29,30)/t15-/m1/s1. The molecule has 11 heteroatoms. The molecule has 2 aliphatic rings. The van der Waals surface area contributed by atoms with Crippen LogP contribution in [0.4, 0.5) is 17.2 Å². The molecule has 1 fully saturated rings. The molecule has 4 aromatic rings. The van der Waals surface area contributed by atoms with Crippen molar-refractivity contribution in [3.8, 4) is 22.8 Å². The van der Waals surface area contributed by atoms with Crippen LogP contribution >= 0.6 is 0 Å². The van der Waals surface area contributed by atoms with E-state index in [4.69, 9.17) is 20.3 Å². The molecular formula is C26H28N8O3. The van der Waals surface area contributed by atoms with E-state index in [9.17, 15) is 4.79 Å². The van der Waals surface area contributed by atoms with Gasteiger partial charge < -0.3 is 30.7 Å². The highest BCUT2D eigenvalue weighted by Gasteiger charge is 2.30. The highest BCUT2D eigenvalue weighted by molar-refractivity contribution is 6.09. The molecule has 0 unspecified atom stereocenters. The number of ether oxygens (including phenoxy) is 2. The minimum atomic E-state index is -0.244. The van der Waals surface area contributed by atoms with Gasteiger partial charge in [0, 0.05) is 31.9 Å². The number of carbonyl (C=O) groups excluding carboxylic acids is 1. The van der Waals surface area contributed by atoms with Crippen LogP contribution < -0.4 is 30.7 Å². The van der Waals surface area contributed by atoms with Crippen molar-refractivity contribution in [1.29, 1.82) is 0 Å². The molecule has 1 amide bonds. The van der Waals surface area contributed by atoms with E-state index < -0.39 is 0 Å². The smallest absolute Gasteiger partial charge is 0.257 e. The number of nitrogen functional groups attached to an aromatic ring is 1. The predicted octanol–water partition coefficient (Wildman–Crippen LogP) is 3.05. The summed E-state index contributed by atoms with van der Waals surface area (Å²) in [4.78, 5) is 23.8. The zero-order chi connectivity index (χ0) is 25.5. The number of amides is 1. The number of nitrogens with zero attached hydrogens (tertiary/aromatic N) is 5. The Bertz CT molecular complexity index is 1490. The number of anilines is 3. The Labute approximate surface area is 213 Å². The first-order valence-corrected chi connectivity index (χ1v) is 12.2. The molecule has 2 aromatic carbocycles. The molecule has 190 valence electrons. The van der Waals surface area contributed by atoms with Crippen molar-refractivity contribution in [3.63, 3.8) is 0 Å². The van der Waals surface area contributed by atoms with Gasteiger partial charge in [-0.05, 0) is 43.7 Å². The van der Waals surface area contributed by atoms with E-state index in [0.29, 0.717) is 50.9 Å². The van der Waals surface area contributed by atoms with Crippen LogP contribution in [0.25, 0.3) is 22.3 Å². The van der Waals surface area contributed by atoms with Gasteiger partial charge >= 0.3 is 0 Å². The van der Waals surface area contributed by atoms with Gasteiger partial charge in [-0.3, -0.25) is 4.79 Å². The average molecular weight is 501 g/mol.